The minimum absolute atomic E-state index is 0.0262. The van der Waals surface area contributed by atoms with Crippen LogP contribution in [0.3, 0.4) is 0 Å². The summed E-state index contributed by atoms with van der Waals surface area (Å²) in [5.41, 5.74) is 3.21. The molecule has 0 aromatic heterocycles. The number of nitrogens with zero attached hydrogens (tertiary/aromatic N) is 1. The van der Waals surface area contributed by atoms with Crippen molar-refractivity contribution in [3.05, 3.63) is 120 Å². The number of hydrogen-bond donors (Lipinski definition) is 0. The molecule has 0 radical (unpaired) electrons. The second-order valence-corrected chi connectivity index (χ2v) is 8.76. The van der Waals surface area contributed by atoms with Crippen LogP contribution in [0.15, 0.2) is 103 Å². The van der Waals surface area contributed by atoms with E-state index in [2.05, 4.69) is 53.4 Å². The molecule has 0 saturated carbocycles. The molecule has 0 spiro atoms. The van der Waals surface area contributed by atoms with Crippen LogP contribution >= 0.6 is 0 Å². The number of carbonyl (C=O) groups is 1. The van der Waals surface area contributed by atoms with Gasteiger partial charge in [0, 0.05) is 36.3 Å². The predicted octanol–water partition coefficient (Wildman–Crippen LogP) is 5.44. The van der Waals surface area contributed by atoms with Crippen molar-refractivity contribution in [3.8, 4) is 0 Å². The molecule has 5 rings (SSSR count). The van der Waals surface area contributed by atoms with Gasteiger partial charge in [-0.25, -0.2) is 0 Å². The minimum Gasteiger partial charge on any atom is -0.369 e. The lowest BCUT2D eigenvalue weighted by Gasteiger charge is -2.44. The van der Waals surface area contributed by atoms with Crippen molar-refractivity contribution < 1.29 is 14.3 Å². The maximum atomic E-state index is 12.3. The number of benzene rings is 3. The van der Waals surface area contributed by atoms with Gasteiger partial charge in [0.05, 0.1) is 12.7 Å². The molecule has 0 N–H and O–H groups in total. The van der Waals surface area contributed by atoms with Gasteiger partial charge in [0.1, 0.15) is 0 Å². The Bertz CT molecular complexity index is 1040. The van der Waals surface area contributed by atoms with E-state index < -0.39 is 5.79 Å². The Morgan fingerprint density at radius 3 is 2.09 bits per heavy atom. The highest BCUT2D eigenvalue weighted by Crippen LogP contribution is 2.41. The molecular formula is C29H29NO3. The van der Waals surface area contributed by atoms with E-state index in [1.54, 1.807) is 6.08 Å². The summed E-state index contributed by atoms with van der Waals surface area (Å²) in [7, 11) is 0. The Balaban J connectivity index is 1.40. The fourth-order valence-electron chi connectivity index (χ4n) is 4.83. The Labute approximate surface area is 195 Å². The lowest BCUT2D eigenvalue weighted by Crippen LogP contribution is -2.46. The van der Waals surface area contributed by atoms with E-state index in [1.807, 2.05) is 48.7 Å². The van der Waals surface area contributed by atoms with Crippen LogP contribution < -0.4 is 0 Å². The highest BCUT2D eigenvalue weighted by Gasteiger charge is 2.43. The Morgan fingerprint density at radius 1 is 0.848 bits per heavy atom. The average molecular weight is 440 g/mol. The van der Waals surface area contributed by atoms with Crippen molar-refractivity contribution in [1.29, 1.82) is 0 Å². The molecule has 0 aliphatic carbocycles. The maximum absolute atomic E-state index is 12.3. The SMILES string of the molecule is O=C1C=CN(Cc2ccccc2)[C@H](C[C@@H]2CCOC(c3ccccc3)(c3ccccc3)O2)C1. The van der Waals surface area contributed by atoms with Gasteiger partial charge in [-0.1, -0.05) is 91.0 Å². The van der Waals surface area contributed by atoms with Crippen LogP contribution in [0.25, 0.3) is 0 Å². The highest BCUT2D eigenvalue weighted by atomic mass is 16.7. The summed E-state index contributed by atoms with van der Waals surface area (Å²) in [6.07, 6.45) is 5.70. The monoisotopic (exact) mass is 439 g/mol. The number of allylic oxidation sites excluding steroid dienone is 1. The first-order chi connectivity index (χ1) is 16.2. The van der Waals surface area contributed by atoms with E-state index in [1.165, 1.54) is 5.56 Å². The van der Waals surface area contributed by atoms with Crippen LogP contribution in [-0.4, -0.2) is 29.4 Å². The minimum atomic E-state index is -0.940. The third kappa shape index (κ3) is 4.77. The quantitative estimate of drug-likeness (QED) is 0.513. The predicted molar refractivity (Wildman–Crippen MR) is 128 cm³/mol. The largest absolute Gasteiger partial charge is 0.369 e. The summed E-state index contributed by atoms with van der Waals surface area (Å²) >= 11 is 0. The van der Waals surface area contributed by atoms with Gasteiger partial charge in [0.2, 0.25) is 5.79 Å². The highest BCUT2D eigenvalue weighted by molar-refractivity contribution is 5.90. The standard InChI is InChI=1S/C29H29NO3/c31-27-16-18-30(22-23-10-4-1-5-11-23)26(20-27)21-28-17-19-32-29(33-28,24-12-6-2-7-13-24)25-14-8-3-9-15-25/h1-16,18,26,28H,17,19-22H2/t26-,28-/m0/s1. The Kier molecular flexibility index (Phi) is 6.38. The van der Waals surface area contributed by atoms with Gasteiger partial charge in [-0.2, -0.15) is 0 Å². The molecule has 1 saturated heterocycles. The molecule has 4 heteroatoms. The number of carbonyl (C=O) groups excluding carboxylic acids is 1. The van der Waals surface area contributed by atoms with E-state index in [0.717, 1.165) is 30.5 Å². The zero-order valence-corrected chi connectivity index (χ0v) is 18.7. The zero-order chi connectivity index (χ0) is 22.5. The molecule has 2 aliphatic heterocycles. The lowest BCUT2D eigenvalue weighted by molar-refractivity contribution is -0.280. The van der Waals surface area contributed by atoms with Gasteiger partial charge < -0.3 is 14.4 Å². The molecule has 3 aromatic rings. The van der Waals surface area contributed by atoms with Gasteiger partial charge >= 0.3 is 0 Å². The maximum Gasteiger partial charge on any atom is 0.222 e. The number of hydrogen-bond acceptors (Lipinski definition) is 4. The summed E-state index contributed by atoms with van der Waals surface area (Å²) in [5.74, 6) is -0.765. The normalized spacial score (nSPS) is 22.3. The van der Waals surface area contributed by atoms with E-state index in [-0.39, 0.29) is 17.9 Å². The average Bonchev–Trinajstić information content (AvgIpc) is 2.87. The van der Waals surface area contributed by atoms with Crippen LogP contribution in [0.4, 0.5) is 0 Å². The van der Waals surface area contributed by atoms with Crippen molar-refractivity contribution in [2.75, 3.05) is 6.61 Å². The van der Waals surface area contributed by atoms with Crippen molar-refractivity contribution >= 4 is 5.78 Å². The third-order valence-corrected chi connectivity index (χ3v) is 6.49. The third-order valence-electron chi connectivity index (χ3n) is 6.49. The second kappa shape index (κ2) is 9.74. The van der Waals surface area contributed by atoms with Gasteiger partial charge in [-0.15, -0.1) is 0 Å². The fourth-order valence-corrected chi connectivity index (χ4v) is 4.83. The molecule has 2 heterocycles. The molecule has 3 aromatic carbocycles. The van der Waals surface area contributed by atoms with Crippen LogP contribution in [0, 0.1) is 0 Å². The summed E-state index contributed by atoms with van der Waals surface area (Å²) in [6, 6.07) is 30.8. The van der Waals surface area contributed by atoms with Crippen LogP contribution in [0.2, 0.25) is 0 Å². The fraction of sp³-hybridized carbons (Fsp3) is 0.276. The Morgan fingerprint density at radius 2 is 1.45 bits per heavy atom. The van der Waals surface area contributed by atoms with Gasteiger partial charge in [-0.3, -0.25) is 4.79 Å². The summed E-state index contributed by atoms with van der Waals surface area (Å²) in [5, 5.41) is 0. The van der Waals surface area contributed by atoms with Gasteiger partial charge in [0.15, 0.2) is 5.78 Å². The smallest absolute Gasteiger partial charge is 0.222 e. The van der Waals surface area contributed by atoms with Crippen molar-refractivity contribution in [2.24, 2.45) is 0 Å². The molecule has 0 unspecified atom stereocenters. The molecular weight excluding hydrogens is 410 g/mol. The van der Waals surface area contributed by atoms with E-state index >= 15 is 0 Å². The molecule has 33 heavy (non-hydrogen) atoms. The summed E-state index contributed by atoms with van der Waals surface area (Å²) < 4.78 is 13.2. The topological polar surface area (TPSA) is 38.8 Å². The number of ketones is 1. The van der Waals surface area contributed by atoms with Crippen LogP contribution in [0.5, 0.6) is 0 Å². The van der Waals surface area contributed by atoms with Crippen LogP contribution in [0.1, 0.15) is 36.0 Å². The first kappa shape index (κ1) is 21.6. The molecule has 168 valence electrons. The van der Waals surface area contributed by atoms with Gasteiger partial charge in [-0.05, 0) is 24.5 Å². The van der Waals surface area contributed by atoms with Crippen molar-refractivity contribution in [1.82, 2.24) is 4.90 Å². The van der Waals surface area contributed by atoms with Crippen LogP contribution in [-0.2, 0) is 26.6 Å². The molecule has 2 aliphatic rings. The van der Waals surface area contributed by atoms with Crippen molar-refractivity contribution in [2.45, 2.75) is 43.7 Å². The first-order valence-electron chi connectivity index (χ1n) is 11.7. The first-order valence-corrected chi connectivity index (χ1v) is 11.7. The van der Waals surface area contributed by atoms with Gasteiger partial charge in [0.25, 0.3) is 0 Å². The molecule has 0 bridgehead atoms. The molecule has 1 fully saturated rings. The zero-order valence-electron chi connectivity index (χ0n) is 18.7. The Hall–Kier alpha value is -3.21. The van der Waals surface area contributed by atoms with E-state index in [4.69, 9.17) is 9.47 Å². The summed E-state index contributed by atoms with van der Waals surface area (Å²) in [6.45, 7) is 1.38. The van der Waals surface area contributed by atoms with E-state index in [9.17, 15) is 4.79 Å². The summed E-state index contributed by atoms with van der Waals surface area (Å²) in [4.78, 5) is 14.6. The number of ether oxygens (including phenoxy) is 2. The molecule has 2 atom stereocenters. The number of rotatable bonds is 6. The van der Waals surface area contributed by atoms with Crippen molar-refractivity contribution in [3.63, 3.8) is 0 Å². The second-order valence-electron chi connectivity index (χ2n) is 8.76. The molecule has 0 amide bonds. The van der Waals surface area contributed by atoms with E-state index in [0.29, 0.717) is 13.0 Å². The molecule has 4 nitrogen and oxygen atoms in total. The lowest BCUT2D eigenvalue weighted by atomic mass is 9.93.